The van der Waals surface area contributed by atoms with E-state index in [1.54, 1.807) is 18.2 Å². The molecular formula is C28H24N2O5. The maximum Gasteiger partial charge on any atom is 0.407 e. The van der Waals surface area contributed by atoms with Crippen LogP contribution in [0.4, 0.5) is 4.79 Å². The zero-order valence-corrected chi connectivity index (χ0v) is 18.9. The highest BCUT2D eigenvalue weighted by Crippen LogP contribution is 2.44. The van der Waals surface area contributed by atoms with Crippen molar-refractivity contribution in [2.75, 3.05) is 19.7 Å². The number of carboxylic acid groups (broad SMARTS) is 1. The number of nitrogens with one attached hydrogen (secondary N) is 2. The molecule has 0 unspecified atom stereocenters. The van der Waals surface area contributed by atoms with Crippen LogP contribution in [-0.4, -0.2) is 42.8 Å². The number of ether oxygens (including phenoxy) is 1. The summed E-state index contributed by atoms with van der Waals surface area (Å²) in [4.78, 5) is 35.0. The van der Waals surface area contributed by atoms with E-state index >= 15 is 0 Å². The molecule has 1 aliphatic rings. The van der Waals surface area contributed by atoms with Crippen LogP contribution < -0.4 is 10.6 Å². The Morgan fingerprint density at radius 2 is 1.57 bits per heavy atom. The first-order valence-corrected chi connectivity index (χ1v) is 11.2. The molecule has 3 aromatic rings. The van der Waals surface area contributed by atoms with Gasteiger partial charge in [-0.1, -0.05) is 66.6 Å². The topological polar surface area (TPSA) is 105 Å². The van der Waals surface area contributed by atoms with Crippen molar-refractivity contribution in [1.29, 1.82) is 0 Å². The molecule has 0 saturated carbocycles. The first kappa shape index (κ1) is 23.6. The second-order valence-electron chi connectivity index (χ2n) is 7.99. The van der Waals surface area contributed by atoms with Gasteiger partial charge in [-0.25, -0.2) is 9.59 Å². The Balaban J connectivity index is 1.19. The first-order chi connectivity index (χ1) is 17.0. The van der Waals surface area contributed by atoms with Gasteiger partial charge < -0.3 is 20.5 Å². The second kappa shape index (κ2) is 11.0. The second-order valence-corrected chi connectivity index (χ2v) is 7.99. The van der Waals surface area contributed by atoms with Crippen molar-refractivity contribution in [3.8, 4) is 23.0 Å². The standard InChI is InChI=1S/C28H24N2O5/c31-26(29-16-14-19-7-5-8-20(17-19)27(32)33)13-6-15-30-28(34)35-18-25-23-11-3-1-9-21(23)22-10-2-4-12-24(22)25/h1-5,7-12,17,25H,14-16,18H2,(H,29,31)(H,30,34)(H,32,33). The molecule has 0 radical (unpaired) electrons. The van der Waals surface area contributed by atoms with Crippen LogP contribution in [0.1, 0.15) is 33.0 Å². The van der Waals surface area contributed by atoms with E-state index < -0.39 is 18.0 Å². The molecule has 2 amide bonds. The van der Waals surface area contributed by atoms with Crippen LogP contribution in [-0.2, 0) is 16.0 Å². The molecule has 0 heterocycles. The zero-order chi connectivity index (χ0) is 24.6. The molecule has 176 valence electrons. The summed E-state index contributed by atoms with van der Waals surface area (Å²) in [7, 11) is 0. The third-order valence-corrected chi connectivity index (χ3v) is 5.74. The van der Waals surface area contributed by atoms with Crippen molar-refractivity contribution in [3.05, 3.63) is 95.1 Å². The minimum atomic E-state index is -0.995. The van der Waals surface area contributed by atoms with Crippen LogP contribution in [0.5, 0.6) is 0 Å². The number of benzene rings is 3. The van der Waals surface area contributed by atoms with Crippen LogP contribution >= 0.6 is 0 Å². The fourth-order valence-electron chi connectivity index (χ4n) is 4.11. The largest absolute Gasteiger partial charge is 0.478 e. The smallest absolute Gasteiger partial charge is 0.407 e. The molecule has 0 bridgehead atoms. The SMILES string of the molecule is O=C(C#CCNC(=O)OCC1c2ccccc2-c2ccccc21)NCCc1cccc(C(=O)O)c1. The molecule has 0 atom stereocenters. The van der Waals surface area contributed by atoms with Gasteiger partial charge in [0, 0.05) is 12.5 Å². The summed E-state index contributed by atoms with van der Waals surface area (Å²) in [6.45, 7) is 0.498. The number of aromatic carboxylic acids is 1. The lowest BCUT2D eigenvalue weighted by molar-refractivity contribution is -0.115. The Morgan fingerprint density at radius 3 is 2.26 bits per heavy atom. The van der Waals surface area contributed by atoms with Gasteiger partial charge in [0.2, 0.25) is 0 Å². The van der Waals surface area contributed by atoms with Gasteiger partial charge in [0.05, 0.1) is 12.1 Å². The van der Waals surface area contributed by atoms with Gasteiger partial charge in [0.1, 0.15) is 6.61 Å². The van der Waals surface area contributed by atoms with E-state index in [0.29, 0.717) is 13.0 Å². The maximum atomic E-state index is 12.1. The van der Waals surface area contributed by atoms with E-state index in [0.717, 1.165) is 27.8 Å². The minimum absolute atomic E-state index is 0.0231. The average Bonchev–Trinajstić information content (AvgIpc) is 3.19. The molecular weight excluding hydrogens is 444 g/mol. The normalized spacial score (nSPS) is 11.4. The number of carbonyl (C=O) groups is 3. The van der Waals surface area contributed by atoms with Gasteiger partial charge in [-0.3, -0.25) is 4.79 Å². The molecule has 0 aliphatic heterocycles. The molecule has 0 saturated heterocycles. The van der Waals surface area contributed by atoms with Crippen molar-refractivity contribution in [2.45, 2.75) is 12.3 Å². The summed E-state index contributed by atoms with van der Waals surface area (Å²) in [6.07, 6.45) is -0.119. The Bertz CT molecular complexity index is 1280. The van der Waals surface area contributed by atoms with Gasteiger partial charge >= 0.3 is 12.1 Å². The van der Waals surface area contributed by atoms with Crippen LogP contribution in [0.25, 0.3) is 11.1 Å². The highest BCUT2D eigenvalue weighted by molar-refractivity contribution is 5.93. The molecule has 0 aromatic heterocycles. The van der Waals surface area contributed by atoms with E-state index in [4.69, 9.17) is 9.84 Å². The number of fused-ring (bicyclic) bond motifs is 3. The monoisotopic (exact) mass is 468 g/mol. The van der Waals surface area contributed by atoms with Crippen LogP contribution in [0.3, 0.4) is 0 Å². The molecule has 35 heavy (non-hydrogen) atoms. The fraction of sp³-hybridized carbons (Fsp3) is 0.179. The predicted octanol–water partition coefficient (Wildman–Crippen LogP) is 3.59. The Morgan fingerprint density at radius 1 is 0.886 bits per heavy atom. The number of hydrogen-bond acceptors (Lipinski definition) is 4. The van der Waals surface area contributed by atoms with Gasteiger partial charge in [0.25, 0.3) is 5.91 Å². The number of alkyl carbamates (subject to hydrolysis) is 1. The lowest BCUT2D eigenvalue weighted by atomic mass is 9.98. The summed E-state index contributed by atoms with van der Waals surface area (Å²) in [5.41, 5.74) is 5.58. The van der Waals surface area contributed by atoms with E-state index in [1.807, 2.05) is 36.4 Å². The summed E-state index contributed by atoms with van der Waals surface area (Å²) in [5.74, 6) is 3.51. The van der Waals surface area contributed by atoms with E-state index in [1.165, 1.54) is 6.07 Å². The number of rotatable bonds is 7. The summed E-state index contributed by atoms with van der Waals surface area (Å²) < 4.78 is 5.43. The molecule has 1 aliphatic carbocycles. The maximum absolute atomic E-state index is 12.1. The van der Waals surface area contributed by atoms with Crippen molar-refractivity contribution in [2.24, 2.45) is 0 Å². The molecule has 7 heteroatoms. The van der Waals surface area contributed by atoms with Crippen LogP contribution in [0, 0.1) is 11.8 Å². The number of carbonyl (C=O) groups excluding carboxylic acids is 2. The Labute approximate surface area is 203 Å². The molecule has 7 nitrogen and oxygen atoms in total. The van der Waals surface area contributed by atoms with Crippen LogP contribution in [0.2, 0.25) is 0 Å². The molecule has 0 spiro atoms. The van der Waals surface area contributed by atoms with Crippen molar-refractivity contribution >= 4 is 18.0 Å². The molecule has 4 rings (SSSR count). The first-order valence-electron chi connectivity index (χ1n) is 11.2. The number of hydrogen-bond donors (Lipinski definition) is 3. The lowest BCUT2D eigenvalue weighted by Gasteiger charge is -2.14. The fourth-order valence-corrected chi connectivity index (χ4v) is 4.11. The average molecular weight is 469 g/mol. The number of carboxylic acids is 1. The lowest BCUT2D eigenvalue weighted by Crippen LogP contribution is -2.27. The highest BCUT2D eigenvalue weighted by Gasteiger charge is 2.28. The molecule has 0 fully saturated rings. The Hall–Kier alpha value is -4.57. The van der Waals surface area contributed by atoms with E-state index in [-0.39, 0.29) is 24.6 Å². The Kier molecular flexibility index (Phi) is 7.44. The molecule has 3 N–H and O–H groups in total. The highest BCUT2D eigenvalue weighted by atomic mass is 16.5. The van der Waals surface area contributed by atoms with Gasteiger partial charge in [0.15, 0.2) is 0 Å². The zero-order valence-electron chi connectivity index (χ0n) is 18.9. The van der Waals surface area contributed by atoms with Gasteiger partial charge in [-0.2, -0.15) is 0 Å². The summed E-state index contributed by atoms with van der Waals surface area (Å²) in [6, 6.07) is 22.7. The summed E-state index contributed by atoms with van der Waals surface area (Å²) in [5, 5.41) is 14.2. The minimum Gasteiger partial charge on any atom is -0.478 e. The van der Waals surface area contributed by atoms with Gasteiger partial charge in [-0.05, 0) is 52.3 Å². The van der Waals surface area contributed by atoms with E-state index in [2.05, 4.69) is 34.6 Å². The third-order valence-electron chi connectivity index (χ3n) is 5.74. The van der Waals surface area contributed by atoms with Crippen molar-refractivity contribution in [3.63, 3.8) is 0 Å². The van der Waals surface area contributed by atoms with Crippen molar-refractivity contribution < 1.29 is 24.2 Å². The predicted molar refractivity (Wildman–Crippen MR) is 131 cm³/mol. The third kappa shape index (κ3) is 5.87. The quantitative estimate of drug-likeness (QED) is 0.460. The van der Waals surface area contributed by atoms with Gasteiger partial charge in [-0.15, -0.1) is 0 Å². The van der Waals surface area contributed by atoms with E-state index in [9.17, 15) is 14.4 Å². The molecule has 3 aromatic carbocycles. The van der Waals surface area contributed by atoms with Crippen LogP contribution in [0.15, 0.2) is 72.8 Å². The summed E-state index contributed by atoms with van der Waals surface area (Å²) >= 11 is 0. The van der Waals surface area contributed by atoms with Crippen molar-refractivity contribution in [1.82, 2.24) is 10.6 Å². The number of amides is 2.